The predicted octanol–water partition coefficient (Wildman–Crippen LogP) is 8.37. The molecular weight excluding hydrogens is 426 g/mol. The number of aromatic nitrogens is 1. The van der Waals surface area contributed by atoms with Crippen LogP contribution >= 0.6 is 0 Å². The fourth-order valence-corrected chi connectivity index (χ4v) is 4.44. The van der Waals surface area contributed by atoms with Gasteiger partial charge in [-0.1, -0.05) is 93.6 Å². The van der Waals surface area contributed by atoms with Crippen molar-refractivity contribution in [3.05, 3.63) is 132 Å². The van der Waals surface area contributed by atoms with E-state index < -0.39 is 0 Å². The van der Waals surface area contributed by atoms with E-state index in [0.717, 1.165) is 23.3 Å². The molecule has 0 spiro atoms. The molecule has 1 heterocycles. The van der Waals surface area contributed by atoms with E-state index in [-0.39, 0.29) is 5.41 Å². The second-order valence-corrected chi connectivity index (χ2v) is 10.1. The fraction of sp³-hybridized carbons (Fsp3) is 0.182. The Morgan fingerprint density at radius 1 is 0.714 bits per heavy atom. The normalized spacial score (nSPS) is 11.5. The van der Waals surface area contributed by atoms with Crippen LogP contribution in [-0.4, -0.2) is 4.98 Å². The van der Waals surface area contributed by atoms with Gasteiger partial charge in [0.05, 0.1) is 5.52 Å². The molecule has 35 heavy (non-hydrogen) atoms. The minimum absolute atomic E-state index is 0.0575. The summed E-state index contributed by atoms with van der Waals surface area (Å²) < 4.78 is 6.34. The standard InChI is InChI=1S/C33H31NO/c1-33(2,3)29-21-28-16-10-18-34-32(28)30(22-29)26-15-9-13-25(20-26)23-35-31-17-8-7-14-27(31)19-24-11-5-4-6-12-24/h4-18,20-22H,19,23H2,1-3H3. The fourth-order valence-electron chi connectivity index (χ4n) is 4.44. The second kappa shape index (κ2) is 9.76. The molecule has 0 bridgehead atoms. The van der Waals surface area contributed by atoms with Crippen LogP contribution in [0, 0.1) is 0 Å². The highest BCUT2D eigenvalue weighted by Crippen LogP contribution is 2.34. The summed E-state index contributed by atoms with van der Waals surface area (Å²) >= 11 is 0. The maximum atomic E-state index is 6.34. The van der Waals surface area contributed by atoms with Crippen LogP contribution in [-0.2, 0) is 18.4 Å². The highest BCUT2D eigenvalue weighted by molar-refractivity contribution is 5.94. The zero-order valence-corrected chi connectivity index (χ0v) is 20.7. The van der Waals surface area contributed by atoms with E-state index in [1.54, 1.807) is 0 Å². The maximum absolute atomic E-state index is 6.34. The van der Waals surface area contributed by atoms with Crippen molar-refractivity contribution in [3.8, 4) is 16.9 Å². The van der Waals surface area contributed by atoms with Gasteiger partial charge in [-0.15, -0.1) is 0 Å². The third-order valence-corrected chi connectivity index (χ3v) is 6.41. The van der Waals surface area contributed by atoms with Crippen LogP contribution in [0.25, 0.3) is 22.0 Å². The first-order valence-corrected chi connectivity index (χ1v) is 12.2. The third-order valence-electron chi connectivity index (χ3n) is 6.41. The molecule has 1 aromatic heterocycles. The number of hydrogen-bond acceptors (Lipinski definition) is 2. The number of nitrogens with zero attached hydrogens (tertiary/aromatic N) is 1. The molecule has 2 nitrogen and oxygen atoms in total. The lowest BCUT2D eigenvalue weighted by Gasteiger charge is -2.21. The lowest BCUT2D eigenvalue weighted by atomic mass is 9.84. The van der Waals surface area contributed by atoms with Crippen LogP contribution in [0.15, 0.2) is 109 Å². The van der Waals surface area contributed by atoms with Crippen molar-refractivity contribution >= 4 is 10.9 Å². The third kappa shape index (κ3) is 5.27. The number of hydrogen-bond donors (Lipinski definition) is 0. The number of fused-ring (bicyclic) bond motifs is 1. The maximum Gasteiger partial charge on any atom is 0.123 e. The molecule has 0 fully saturated rings. The van der Waals surface area contributed by atoms with Crippen molar-refractivity contribution in [2.45, 2.75) is 39.2 Å². The molecule has 0 atom stereocenters. The molecule has 0 aliphatic heterocycles. The van der Waals surface area contributed by atoms with Crippen LogP contribution < -0.4 is 4.74 Å². The van der Waals surface area contributed by atoms with E-state index >= 15 is 0 Å². The predicted molar refractivity (Wildman–Crippen MR) is 146 cm³/mol. The van der Waals surface area contributed by atoms with Crippen molar-refractivity contribution < 1.29 is 4.74 Å². The average Bonchev–Trinajstić information content (AvgIpc) is 2.88. The van der Waals surface area contributed by atoms with Crippen molar-refractivity contribution in [2.24, 2.45) is 0 Å². The van der Waals surface area contributed by atoms with Crippen LogP contribution in [0.5, 0.6) is 5.75 Å². The van der Waals surface area contributed by atoms with Crippen molar-refractivity contribution in [3.63, 3.8) is 0 Å². The molecule has 2 heteroatoms. The summed E-state index contributed by atoms with van der Waals surface area (Å²) in [5.74, 6) is 0.934. The zero-order valence-electron chi connectivity index (χ0n) is 20.7. The van der Waals surface area contributed by atoms with E-state index in [1.807, 2.05) is 18.3 Å². The molecular formula is C33H31NO. The van der Waals surface area contributed by atoms with Gasteiger partial charge < -0.3 is 4.74 Å². The lowest BCUT2D eigenvalue weighted by Crippen LogP contribution is -2.11. The van der Waals surface area contributed by atoms with Gasteiger partial charge in [-0.05, 0) is 63.6 Å². The van der Waals surface area contributed by atoms with E-state index in [9.17, 15) is 0 Å². The molecule has 0 radical (unpaired) electrons. The summed E-state index contributed by atoms with van der Waals surface area (Å²) in [5, 5.41) is 1.17. The Labute approximate surface area is 208 Å². The van der Waals surface area contributed by atoms with Gasteiger partial charge in [-0.25, -0.2) is 0 Å². The zero-order chi connectivity index (χ0) is 24.3. The molecule has 4 aromatic carbocycles. The summed E-state index contributed by atoms with van der Waals surface area (Å²) in [4.78, 5) is 4.72. The molecule has 0 amide bonds. The van der Waals surface area contributed by atoms with Crippen molar-refractivity contribution in [1.29, 1.82) is 0 Å². The number of benzene rings is 4. The van der Waals surface area contributed by atoms with Gasteiger partial charge in [-0.2, -0.15) is 0 Å². The Bertz CT molecular complexity index is 1450. The Morgan fingerprint density at radius 3 is 2.31 bits per heavy atom. The minimum Gasteiger partial charge on any atom is -0.489 e. The van der Waals surface area contributed by atoms with Gasteiger partial charge in [0.25, 0.3) is 0 Å². The van der Waals surface area contributed by atoms with Crippen LogP contribution in [0.2, 0.25) is 0 Å². The highest BCUT2D eigenvalue weighted by atomic mass is 16.5. The molecule has 5 aromatic rings. The molecule has 5 rings (SSSR count). The number of rotatable bonds is 6. The second-order valence-electron chi connectivity index (χ2n) is 10.1. The van der Waals surface area contributed by atoms with E-state index in [4.69, 9.17) is 9.72 Å². The van der Waals surface area contributed by atoms with Crippen molar-refractivity contribution in [2.75, 3.05) is 0 Å². The molecule has 0 saturated heterocycles. The first kappa shape index (κ1) is 22.9. The first-order valence-electron chi connectivity index (χ1n) is 12.2. The van der Waals surface area contributed by atoms with Crippen LogP contribution in [0.1, 0.15) is 43.0 Å². The van der Waals surface area contributed by atoms with Gasteiger partial charge in [0.15, 0.2) is 0 Å². The molecule has 0 aliphatic rings. The summed E-state index contributed by atoms with van der Waals surface area (Å²) in [6, 6.07) is 36.2. The molecule has 0 saturated carbocycles. The first-order chi connectivity index (χ1) is 17.0. The van der Waals surface area contributed by atoms with Gasteiger partial charge in [0.1, 0.15) is 12.4 Å². The van der Waals surface area contributed by atoms with Gasteiger partial charge >= 0.3 is 0 Å². The highest BCUT2D eigenvalue weighted by Gasteiger charge is 2.17. The van der Waals surface area contributed by atoms with Crippen LogP contribution in [0.4, 0.5) is 0 Å². The Balaban J connectivity index is 1.43. The van der Waals surface area contributed by atoms with Crippen molar-refractivity contribution in [1.82, 2.24) is 4.98 Å². The smallest absolute Gasteiger partial charge is 0.123 e. The SMILES string of the molecule is CC(C)(C)c1cc(-c2cccc(COc3ccccc3Cc3ccccc3)c2)c2ncccc2c1. The molecule has 0 aliphatic carbocycles. The van der Waals surface area contributed by atoms with E-state index in [2.05, 4.69) is 112 Å². The van der Waals surface area contributed by atoms with E-state index in [0.29, 0.717) is 6.61 Å². The van der Waals surface area contributed by atoms with Gasteiger partial charge in [0.2, 0.25) is 0 Å². The summed E-state index contributed by atoms with van der Waals surface area (Å²) in [7, 11) is 0. The number of pyridine rings is 1. The van der Waals surface area contributed by atoms with Gasteiger partial charge in [0, 0.05) is 23.6 Å². The minimum atomic E-state index is 0.0575. The quantitative estimate of drug-likeness (QED) is 0.255. The summed E-state index contributed by atoms with van der Waals surface area (Å²) in [6.45, 7) is 7.28. The lowest BCUT2D eigenvalue weighted by molar-refractivity contribution is 0.303. The number of para-hydroxylation sites is 1. The average molecular weight is 458 g/mol. The molecule has 174 valence electrons. The summed E-state index contributed by atoms with van der Waals surface area (Å²) in [5.41, 5.74) is 8.35. The Morgan fingerprint density at radius 2 is 1.49 bits per heavy atom. The summed E-state index contributed by atoms with van der Waals surface area (Å²) in [6.07, 6.45) is 2.73. The van der Waals surface area contributed by atoms with Gasteiger partial charge in [-0.3, -0.25) is 4.98 Å². The van der Waals surface area contributed by atoms with E-state index in [1.165, 1.54) is 33.2 Å². The monoisotopic (exact) mass is 457 g/mol. The Hall–Kier alpha value is -3.91. The Kier molecular flexibility index (Phi) is 6.37. The number of ether oxygens (including phenoxy) is 1. The molecule has 0 unspecified atom stereocenters. The van der Waals surface area contributed by atoms with Crippen LogP contribution in [0.3, 0.4) is 0 Å². The topological polar surface area (TPSA) is 22.1 Å². The molecule has 0 N–H and O–H groups in total. The largest absolute Gasteiger partial charge is 0.489 e.